The molecule has 2 heterocycles. The van der Waals surface area contributed by atoms with Gasteiger partial charge in [0.15, 0.2) is 0 Å². The van der Waals surface area contributed by atoms with Crippen LogP contribution in [0.3, 0.4) is 0 Å². The topological polar surface area (TPSA) is 126 Å². The normalized spacial score (nSPS) is 20.1. The number of nitrogens with one attached hydrogen (secondary N) is 2. The second-order valence-electron chi connectivity index (χ2n) is 9.48. The van der Waals surface area contributed by atoms with Gasteiger partial charge in [0.25, 0.3) is 0 Å². The lowest BCUT2D eigenvalue weighted by molar-refractivity contribution is -0.0422. The molecule has 4 rings (SSSR count). The number of sulfonamides is 1. The summed E-state index contributed by atoms with van der Waals surface area (Å²) in [5.74, 6) is 0.368. The van der Waals surface area contributed by atoms with Crippen molar-refractivity contribution in [2.75, 3.05) is 39.9 Å². The molecule has 0 bridgehead atoms. The molecule has 202 valence electrons. The van der Waals surface area contributed by atoms with Crippen molar-refractivity contribution in [2.45, 2.75) is 48.5 Å². The molecule has 0 radical (unpaired) electrons. The van der Waals surface area contributed by atoms with Gasteiger partial charge in [-0.15, -0.1) is 0 Å². The number of rotatable bonds is 10. The first-order valence-electron chi connectivity index (χ1n) is 12.5. The van der Waals surface area contributed by atoms with E-state index in [0.29, 0.717) is 32.0 Å². The van der Waals surface area contributed by atoms with Crippen molar-refractivity contribution in [3.05, 3.63) is 60.2 Å². The number of hydrogen-bond acceptors (Lipinski definition) is 8. The zero-order chi connectivity index (χ0) is 26.3. The number of nitrogens with zero attached hydrogens (tertiary/aromatic N) is 1. The summed E-state index contributed by atoms with van der Waals surface area (Å²) in [6, 6.07) is 15.8. The van der Waals surface area contributed by atoms with Crippen molar-refractivity contribution in [1.82, 2.24) is 14.9 Å². The maximum Gasteiger partial charge on any atom is 0.410 e. The first-order chi connectivity index (χ1) is 17.8. The van der Waals surface area contributed by atoms with Gasteiger partial charge in [0.1, 0.15) is 25.1 Å². The monoisotopic (exact) mass is 533 g/mol. The molecule has 0 aromatic heterocycles. The fraction of sp³-hybridized carbons (Fsp3) is 0.500. The van der Waals surface area contributed by atoms with Gasteiger partial charge in [-0.05, 0) is 44.0 Å². The van der Waals surface area contributed by atoms with E-state index in [0.717, 1.165) is 24.8 Å². The maximum absolute atomic E-state index is 12.4. The molecular weight excluding hydrogens is 498 g/mol. The number of amides is 1. The highest BCUT2D eigenvalue weighted by Crippen LogP contribution is 2.36. The number of benzene rings is 2. The lowest BCUT2D eigenvalue weighted by atomic mass is 9.87. The predicted octanol–water partition coefficient (Wildman–Crippen LogP) is 1.88. The van der Waals surface area contributed by atoms with E-state index in [2.05, 4.69) is 10.0 Å². The molecule has 2 aliphatic rings. The smallest absolute Gasteiger partial charge is 0.410 e. The van der Waals surface area contributed by atoms with Gasteiger partial charge in [-0.3, -0.25) is 0 Å². The lowest BCUT2D eigenvalue weighted by Crippen LogP contribution is -2.47. The Morgan fingerprint density at radius 3 is 2.68 bits per heavy atom. The van der Waals surface area contributed by atoms with Crippen LogP contribution in [0.2, 0.25) is 0 Å². The highest BCUT2D eigenvalue weighted by atomic mass is 32.2. The average molecular weight is 534 g/mol. The molecule has 3 N–H and O–H groups in total. The van der Waals surface area contributed by atoms with Crippen molar-refractivity contribution >= 4 is 16.1 Å². The molecule has 1 amide bonds. The van der Waals surface area contributed by atoms with Gasteiger partial charge in [-0.1, -0.05) is 36.4 Å². The standard InChI is InChI=1S/C26H35N3O7S/c1-27-37(32,33)24-9-5-8-23(14-24)34-19-22(30)16-28-21-15-26(36-18-21)10-12-29(13-11-26)25(31)35-17-20-6-3-2-4-7-20/h2-9,14,21-22,27-28,30H,10-13,15-19H2,1H3/t21-,22+/m1/s1. The Morgan fingerprint density at radius 1 is 1.19 bits per heavy atom. The maximum atomic E-state index is 12.4. The predicted molar refractivity (Wildman–Crippen MR) is 137 cm³/mol. The Balaban J connectivity index is 1.16. The second kappa shape index (κ2) is 12.2. The minimum atomic E-state index is -3.56. The van der Waals surface area contributed by atoms with Crippen LogP contribution in [-0.4, -0.2) is 82.2 Å². The van der Waals surface area contributed by atoms with E-state index in [1.165, 1.54) is 19.2 Å². The van der Waals surface area contributed by atoms with Crippen LogP contribution in [0.5, 0.6) is 5.75 Å². The number of piperidine rings is 1. The fourth-order valence-electron chi connectivity index (χ4n) is 4.63. The van der Waals surface area contributed by atoms with Crippen LogP contribution in [-0.2, 0) is 26.1 Å². The number of ether oxygens (including phenoxy) is 3. The second-order valence-corrected chi connectivity index (χ2v) is 11.4. The van der Waals surface area contributed by atoms with Gasteiger partial charge in [-0.2, -0.15) is 0 Å². The molecule has 2 atom stereocenters. The number of aliphatic hydroxyl groups excluding tert-OH is 1. The van der Waals surface area contributed by atoms with E-state index in [9.17, 15) is 18.3 Å². The molecule has 0 unspecified atom stereocenters. The third-order valence-corrected chi connectivity index (χ3v) is 8.23. The minimum Gasteiger partial charge on any atom is -0.491 e. The molecule has 11 heteroatoms. The molecule has 0 saturated carbocycles. The number of carbonyl (C=O) groups excluding carboxylic acids is 1. The zero-order valence-electron chi connectivity index (χ0n) is 21.0. The fourth-order valence-corrected chi connectivity index (χ4v) is 5.40. The summed E-state index contributed by atoms with van der Waals surface area (Å²) >= 11 is 0. The summed E-state index contributed by atoms with van der Waals surface area (Å²) in [5.41, 5.74) is 0.689. The average Bonchev–Trinajstić information content (AvgIpc) is 3.32. The molecule has 2 fully saturated rings. The molecule has 2 aromatic carbocycles. The van der Waals surface area contributed by atoms with E-state index in [-0.39, 0.29) is 35.8 Å². The van der Waals surface area contributed by atoms with Gasteiger partial charge in [0, 0.05) is 31.7 Å². The van der Waals surface area contributed by atoms with E-state index >= 15 is 0 Å². The van der Waals surface area contributed by atoms with Crippen LogP contribution >= 0.6 is 0 Å². The Kier molecular flexibility index (Phi) is 9.04. The largest absolute Gasteiger partial charge is 0.491 e. The molecule has 2 aliphatic heterocycles. The minimum absolute atomic E-state index is 0.0226. The Morgan fingerprint density at radius 2 is 1.95 bits per heavy atom. The lowest BCUT2D eigenvalue weighted by Gasteiger charge is -2.38. The summed E-state index contributed by atoms with van der Waals surface area (Å²) in [7, 11) is -2.22. The van der Waals surface area contributed by atoms with Crippen LogP contribution in [0.1, 0.15) is 24.8 Å². The van der Waals surface area contributed by atoms with E-state index in [4.69, 9.17) is 14.2 Å². The van der Waals surface area contributed by atoms with Gasteiger partial charge in [-0.25, -0.2) is 17.9 Å². The first kappa shape index (κ1) is 27.3. The molecule has 0 aliphatic carbocycles. The van der Waals surface area contributed by atoms with Crippen LogP contribution in [0.25, 0.3) is 0 Å². The highest BCUT2D eigenvalue weighted by molar-refractivity contribution is 7.89. The molecule has 37 heavy (non-hydrogen) atoms. The van der Waals surface area contributed by atoms with Crippen molar-refractivity contribution in [3.63, 3.8) is 0 Å². The van der Waals surface area contributed by atoms with Crippen LogP contribution in [0.15, 0.2) is 59.5 Å². The summed E-state index contributed by atoms with van der Waals surface area (Å²) in [6.07, 6.45) is 1.20. The third-order valence-electron chi connectivity index (χ3n) is 6.82. The quantitative estimate of drug-likeness (QED) is 0.423. The summed E-state index contributed by atoms with van der Waals surface area (Å²) in [6.45, 7) is 2.30. The van der Waals surface area contributed by atoms with Gasteiger partial charge in [0.05, 0.1) is 17.1 Å². The summed E-state index contributed by atoms with van der Waals surface area (Å²) < 4.78 is 43.3. The van der Waals surface area contributed by atoms with Crippen molar-refractivity contribution in [3.8, 4) is 5.75 Å². The molecule has 2 saturated heterocycles. The number of likely N-dealkylation sites (tertiary alicyclic amines) is 1. The molecular formula is C26H35N3O7S. The SMILES string of the molecule is CNS(=O)(=O)c1cccc(OC[C@@H](O)CN[C@H]2COC3(CCN(C(=O)OCc4ccccc4)CC3)C2)c1. The summed E-state index contributed by atoms with van der Waals surface area (Å²) in [4.78, 5) is 14.3. The van der Waals surface area contributed by atoms with Crippen LogP contribution in [0.4, 0.5) is 4.79 Å². The zero-order valence-corrected chi connectivity index (χ0v) is 21.8. The van der Waals surface area contributed by atoms with Gasteiger partial charge in [0.2, 0.25) is 10.0 Å². The van der Waals surface area contributed by atoms with Crippen molar-refractivity contribution in [2.24, 2.45) is 0 Å². The van der Waals surface area contributed by atoms with Crippen LogP contribution < -0.4 is 14.8 Å². The molecule has 1 spiro atoms. The van der Waals surface area contributed by atoms with E-state index in [1.54, 1.807) is 17.0 Å². The Bertz CT molecular complexity index is 1140. The number of carbonyl (C=O) groups is 1. The van der Waals surface area contributed by atoms with Crippen molar-refractivity contribution < 1.29 is 32.5 Å². The third kappa shape index (κ3) is 7.42. The highest BCUT2D eigenvalue weighted by Gasteiger charge is 2.43. The first-order valence-corrected chi connectivity index (χ1v) is 13.9. The number of aliphatic hydroxyl groups is 1. The van der Waals surface area contributed by atoms with E-state index < -0.39 is 16.1 Å². The summed E-state index contributed by atoms with van der Waals surface area (Å²) in [5, 5.41) is 13.7. The van der Waals surface area contributed by atoms with Gasteiger partial charge < -0.3 is 29.5 Å². The van der Waals surface area contributed by atoms with Crippen molar-refractivity contribution in [1.29, 1.82) is 0 Å². The van der Waals surface area contributed by atoms with Crippen LogP contribution in [0, 0.1) is 0 Å². The molecule has 2 aromatic rings. The Hall–Kier alpha value is -2.70. The Labute approximate surface area is 218 Å². The van der Waals surface area contributed by atoms with E-state index in [1.807, 2.05) is 30.3 Å². The number of hydrogen-bond donors (Lipinski definition) is 3. The molecule has 10 nitrogen and oxygen atoms in total. The van der Waals surface area contributed by atoms with Gasteiger partial charge >= 0.3 is 6.09 Å².